The van der Waals surface area contributed by atoms with Crippen molar-refractivity contribution in [3.05, 3.63) is 22.5 Å². The molecule has 0 fully saturated rings. The molecular weight excluding hydrogens is 224 g/mol. The zero-order valence-electron chi connectivity index (χ0n) is 12.2. The van der Waals surface area contributed by atoms with E-state index in [4.69, 9.17) is 5.73 Å². The zero-order valence-corrected chi connectivity index (χ0v) is 12.2. The SMILES string of the molecule is CCCCc1c(C(N)=O)c(C)n(C)c1CCCC. The van der Waals surface area contributed by atoms with E-state index in [9.17, 15) is 4.79 Å². The number of carbonyl (C=O) groups is 1. The summed E-state index contributed by atoms with van der Waals surface area (Å²) in [6.07, 6.45) is 6.59. The molecule has 1 aromatic heterocycles. The number of primary amides is 1. The van der Waals surface area contributed by atoms with Crippen LogP contribution in [0.5, 0.6) is 0 Å². The first kappa shape index (κ1) is 14.8. The molecule has 1 aromatic rings. The van der Waals surface area contributed by atoms with E-state index in [1.54, 1.807) is 0 Å². The first-order valence-electron chi connectivity index (χ1n) is 7.01. The van der Waals surface area contributed by atoms with Crippen molar-refractivity contribution in [1.82, 2.24) is 4.57 Å². The lowest BCUT2D eigenvalue weighted by atomic mass is 10.00. The van der Waals surface area contributed by atoms with Crippen LogP contribution in [-0.2, 0) is 19.9 Å². The van der Waals surface area contributed by atoms with Crippen molar-refractivity contribution in [3.63, 3.8) is 0 Å². The molecule has 1 amide bonds. The number of rotatable bonds is 7. The minimum Gasteiger partial charge on any atom is -0.366 e. The normalized spacial score (nSPS) is 10.9. The average molecular weight is 250 g/mol. The maximum absolute atomic E-state index is 11.7. The molecule has 0 radical (unpaired) electrons. The van der Waals surface area contributed by atoms with Crippen molar-refractivity contribution in [2.24, 2.45) is 12.8 Å². The van der Waals surface area contributed by atoms with Crippen molar-refractivity contribution in [3.8, 4) is 0 Å². The summed E-state index contributed by atoms with van der Waals surface area (Å²) in [7, 11) is 2.04. The van der Waals surface area contributed by atoms with Gasteiger partial charge in [0.25, 0.3) is 5.91 Å². The molecule has 0 saturated carbocycles. The van der Waals surface area contributed by atoms with Crippen LogP contribution in [0.15, 0.2) is 0 Å². The Morgan fingerprint density at radius 2 is 1.72 bits per heavy atom. The maximum Gasteiger partial charge on any atom is 0.250 e. The van der Waals surface area contributed by atoms with Crippen LogP contribution < -0.4 is 5.73 Å². The number of hydrogen-bond donors (Lipinski definition) is 1. The molecule has 1 heterocycles. The van der Waals surface area contributed by atoms with Crippen LogP contribution in [-0.4, -0.2) is 10.5 Å². The monoisotopic (exact) mass is 250 g/mol. The standard InChI is InChI=1S/C15H26N2O/c1-5-7-9-12-13(10-8-6-2)17(4)11(3)14(12)15(16)18/h5-10H2,1-4H3,(H2,16,18). The molecule has 0 aliphatic rings. The summed E-state index contributed by atoms with van der Waals surface area (Å²) in [5.74, 6) is -0.281. The molecule has 0 bridgehead atoms. The summed E-state index contributed by atoms with van der Waals surface area (Å²) in [4.78, 5) is 11.7. The highest BCUT2D eigenvalue weighted by molar-refractivity contribution is 5.96. The minimum atomic E-state index is -0.281. The maximum atomic E-state index is 11.7. The van der Waals surface area contributed by atoms with Gasteiger partial charge in [-0.05, 0) is 38.2 Å². The molecule has 2 N–H and O–H groups in total. The predicted molar refractivity (Wildman–Crippen MR) is 75.9 cm³/mol. The van der Waals surface area contributed by atoms with Crippen molar-refractivity contribution < 1.29 is 4.79 Å². The molecule has 18 heavy (non-hydrogen) atoms. The van der Waals surface area contributed by atoms with Gasteiger partial charge in [-0.25, -0.2) is 0 Å². The molecular formula is C15H26N2O. The second kappa shape index (κ2) is 6.62. The molecule has 0 atom stereocenters. The van der Waals surface area contributed by atoms with Crippen LogP contribution >= 0.6 is 0 Å². The summed E-state index contributed by atoms with van der Waals surface area (Å²) in [6, 6.07) is 0. The molecule has 0 spiro atoms. The fraction of sp³-hybridized carbons (Fsp3) is 0.667. The van der Waals surface area contributed by atoms with Gasteiger partial charge in [0, 0.05) is 18.4 Å². The Balaban J connectivity index is 3.20. The van der Waals surface area contributed by atoms with Gasteiger partial charge in [0.2, 0.25) is 0 Å². The zero-order chi connectivity index (χ0) is 13.7. The number of nitrogens with zero attached hydrogens (tertiary/aromatic N) is 1. The van der Waals surface area contributed by atoms with Gasteiger partial charge in [-0.3, -0.25) is 4.79 Å². The second-order valence-corrected chi connectivity index (χ2v) is 5.02. The van der Waals surface area contributed by atoms with Gasteiger partial charge in [-0.2, -0.15) is 0 Å². The van der Waals surface area contributed by atoms with E-state index in [1.165, 1.54) is 17.7 Å². The van der Waals surface area contributed by atoms with Crippen LogP contribution in [0.2, 0.25) is 0 Å². The van der Waals surface area contributed by atoms with E-state index in [0.29, 0.717) is 0 Å². The molecule has 0 saturated heterocycles. The number of carbonyl (C=O) groups excluding carboxylic acids is 1. The summed E-state index contributed by atoms with van der Waals surface area (Å²) in [5, 5.41) is 0. The Kier molecular flexibility index (Phi) is 5.45. The van der Waals surface area contributed by atoms with E-state index in [1.807, 2.05) is 14.0 Å². The first-order valence-corrected chi connectivity index (χ1v) is 7.01. The lowest BCUT2D eigenvalue weighted by molar-refractivity contribution is 0.0999. The second-order valence-electron chi connectivity index (χ2n) is 5.02. The Morgan fingerprint density at radius 3 is 2.22 bits per heavy atom. The number of unbranched alkanes of at least 4 members (excludes halogenated alkanes) is 2. The predicted octanol–water partition coefficient (Wildman–Crippen LogP) is 3.12. The first-order chi connectivity index (χ1) is 8.54. The van der Waals surface area contributed by atoms with Crippen LogP contribution in [0.4, 0.5) is 0 Å². The summed E-state index contributed by atoms with van der Waals surface area (Å²) < 4.78 is 2.15. The Bertz CT molecular complexity index is 419. The van der Waals surface area contributed by atoms with Crippen molar-refractivity contribution in [2.75, 3.05) is 0 Å². The van der Waals surface area contributed by atoms with Gasteiger partial charge >= 0.3 is 0 Å². The third kappa shape index (κ3) is 2.95. The van der Waals surface area contributed by atoms with Crippen LogP contribution in [0.3, 0.4) is 0 Å². The number of amides is 1. The summed E-state index contributed by atoms with van der Waals surface area (Å²) in [5.41, 5.74) is 9.82. The molecule has 0 unspecified atom stereocenters. The van der Waals surface area contributed by atoms with Gasteiger partial charge in [0.1, 0.15) is 0 Å². The molecule has 0 aliphatic carbocycles. The largest absolute Gasteiger partial charge is 0.366 e. The van der Waals surface area contributed by atoms with E-state index in [2.05, 4.69) is 18.4 Å². The van der Waals surface area contributed by atoms with Crippen LogP contribution in [0.25, 0.3) is 0 Å². The van der Waals surface area contributed by atoms with Crippen molar-refractivity contribution in [1.29, 1.82) is 0 Å². The fourth-order valence-corrected chi connectivity index (χ4v) is 2.55. The minimum absolute atomic E-state index is 0.281. The highest BCUT2D eigenvalue weighted by Crippen LogP contribution is 2.25. The van der Waals surface area contributed by atoms with E-state index in [0.717, 1.165) is 43.4 Å². The van der Waals surface area contributed by atoms with Crippen LogP contribution in [0, 0.1) is 6.92 Å². The van der Waals surface area contributed by atoms with E-state index >= 15 is 0 Å². The van der Waals surface area contributed by atoms with Crippen molar-refractivity contribution in [2.45, 2.75) is 59.3 Å². The average Bonchev–Trinajstić information content (AvgIpc) is 2.57. The van der Waals surface area contributed by atoms with Gasteiger partial charge in [0.05, 0.1) is 5.56 Å². The molecule has 0 aliphatic heterocycles. The van der Waals surface area contributed by atoms with Crippen LogP contribution in [0.1, 0.15) is 66.8 Å². The number of nitrogens with two attached hydrogens (primary N) is 1. The number of hydrogen-bond acceptors (Lipinski definition) is 1. The topological polar surface area (TPSA) is 48.0 Å². The van der Waals surface area contributed by atoms with Gasteiger partial charge < -0.3 is 10.3 Å². The molecule has 1 rings (SSSR count). The third-order valence-corrected chi connectivity index (χ3v) is 3.71. The molecule has 3 heteroatoms. The van der Waals surface area contributed by atoms with Gasteiger partial charge in [-0.1, -0.05) is 26.7 Å². The highest BCUT2D eigenvalue weighted by Gasteiger charge is 2.20. The van der Waals surface area contributed by atoms with E-state index in [-0.39, 0.29) is 5.91 Å². The quantitative estimate of drug-likeness (QED) is 0.794. The smallest absolute Gasteiger partial charge is 0.250 e. The summed E-state index contributed by atoms with van der Waals surface area (Å²) in [6.45, 7) is 6.35. The molecule has 0 aromatic carbocycles. The third-order valence-electron chi connectivity index (χ3n) is 3.71. The Morgan fingerprint density at radius 1 is 1.17 bits per heavy atom. The van der Waals surface area contributed by atoms with E-state index < -0.39 is 0 Å². The van der Waals surface area contributed by atoms with Gasteiger partial charge in [-0.15, -0.1) is 0 Å². The fourth-order valence-electron chi connectivity index (χ4n) is 2.55. The Hall–Kier alpha value is -1.25. The summed E-state index contributed by atoms with van der Waals surface area (Å²) >= 11 is 0. The highest BCUT2D eigenvalue weighted by atomic mass is 16.1. The lowest BCUT2D eigenvalue weighted by Crippen LogP contribution is -2.14. The molecule has 102 valence electrons. The van der Waals surface area contributed by atoms with Gasteiger partial charge in [0.15, 0.2) is 0 Å². The molecule has 3 nitrogen and oxygen atoms in total. The Labute approximate surface area is 110 Å². The number of aromatic nitrogens is 1. The van der Waals surface area contributed by atoms with Crippen molar-refractivity contribution >= 4 is 5.91 Å². The lowest BCUT2D eigenvalue weighted by Gasteiger charge is -2.07.